The molecule has 1 amide bonds. The van der Waals surface area contributed by atoms with Gasteiger partial charge in [-0.3, -0.25) is 9.59 Å². The van der Waals surface area contributed by atoms with Gasteiger partial charge in [-0.05, 0) is 44.5 Å². The van der Waals surface area contributed by atoms with Crippen LogP contribution in [0.3, 0.4) is 0 Å². The molecule has 0 saturated heterocycles. The second-order valence-corrected chi connectivity index (χ2v) is 8.41. The minimum Gasteiger partial charge on any atom is -0.495 e. The van der Waals surface area contributed by atoms with Gasteiger partial charge in [-0.15, -0.1) is 0 Å². The number of aromatic amines is 1. The first kappa shape index (κ1) is 20.7. The molecule has 146 valence electrons. The van der Waals surface area contributed by atoms with Crippen LogP contribution in [-0.2, 0) is 10.0 Å². The Kier molecular flexibility index (Phi) is 5.76. The summed E-state index contributed by atoms with van der Waals surface area (Å²) in [6.45, 7) is 4.84. The van der Waals surface area contributed by atoms with E-state index in [1.54, 1.807) is 19.9 Å². The number of nitrogens with one attached hydrogen (secondary N) is 2. The predicted molar refractivity (Wildman–Crippen MR) is 102 cm³/mol. The van der Waals surface area contributed by atoms with E-state index in [1.807, 2.05) is 0 Å². The summed E-state index contributed by atoms with van der Waals surface area (Å²) in [4.78, 5) is 27.2. The number of hydrogen-bond donors (Lipinski definition) is 2. The van der Waals surface area contributed by atoms with Crippen LogP contribution >= 0.6 is 0 Å². The highest BCUT2D eigenvalue weighted by atomic mass is 32.2. The lowest BCUT2D eigenvalue weighted by Crippen LogP contribution is -2.23. The van der Waals surface area contributed by atoms with Crippen molar-refractivity contribution in [2.45, 2.75) is 25.7 Å². The standard InChI is InChI=1S/C18H23N3O5S/c1-10-16(12(3)22)11(2)19-17(10)18(23)20-13-7-8-14(26-6)15(9-13)27(24,25)21(4)5/h7-9,19H,1-6H3,(H,20,23). The quantitative estimate of drug-likeness (QED) is 0.732. The van der Waals surface area contributed by atoms with Crippen LogP contribution in [0.5, 0.6) is 5.75 Å². The molecule has 1 aromatic carbocycles. The number of ketones is 1. The highest BCUT2D eigenvalue weighted by Crippen LogP contribution is 2.29. The lowest BCUT2D eigenvalue weighted by molar-refractivity contribution is 0.101. The lowest BCUT2D eigenvalue weighted by Gasteiger charge is -2.16. The monoisotopic (exact) mass is 393 g/mol. The number of ether oxygens (including phenoxy) is 1. The van der Waals surface area contributed by atoms with Crippen molar-refractivity contribution in [1.29, 1.82) is 0 Å². The fraction of sp³-hybridized carbons (Fsp3) is 0.333. The zero-order valence-corrected chi connectivity index (χ0v) is 16.9. The number of nitrogens with zero attached hydrogens (tertiary/aromatic N) is 1. The Morgan fingerprint density at radius 1 is 1.19 bits per heavy atom. The topological polar surface area (TPSA) is 109 Å². The molecule has 0 bridgehead atoms. The first-order valence-electron chi connectivity index (χ1n) is 8.12. The molecule has 0 saturated carbocycles. The maximum Gasteiger partial charge on any atom is 0.272 e. The Bertz CT molecular complexity index is 1010. The summed E-state index contributed by atoms with van der Waals surface area (Å²) in [7, 11) is 0.434. The molecule has 0 atom stereocenters. The van der Waals surface area contributed by atoms with Crippen LogP contribution in [0, 0.1) is 13.8 Å². The fourth-order valence-electron chi connectivity index (χ4n) is 2.85. The third-order valence-electron chi connectivity index (χ3n) is 4.20. The number of carbonyl (C=O) groups excluding carboxylic acids is 2. The van der Waals surface area contributed by atoms with E-state index in [-0.39, 0.29) is 27.8 Å². The van der Waals surface area contributed by atoms with E-state index in [0.29, 0.717) is 16.8 Å². The maximum atomic E-state index is 12.6. The maximum absolute atomic E-state index is 12.6. The Balaban J connectivity index is 2.43. The summed E-state index contributed by atoms with van der Waals surface area (Å²) >= 11 is 0. The summed E-state index contributed by atoms with van der Waals surface area (Å²) in [6, 6.07) is 4.35. The van der Waals surface area contributed by atoms with E-state index in [2.05, 4.69) is 10.3 Å². The number of sulfonamides is 1. The number of aromatic nitrogens is 1. The molecule has 0 aliphatic carbocycles. The molecule has 9 heteroatoms. The number of amides is 1. The van der Waals surface area contributed by atoms with Crippen molar-refractivity contribution in [1.82, 2.24) is 9.29 Å². The smallest absolute Gasteiger partial charge is 0.272 e. The van der Waals surface area contributed by atoms with Crippen LogP contribution in [0.2, 0.25) is 0 Å². The third kappa shape index (κ3) is 3.88. The Hall–Kier alpha value is -2.65. The summed E-state index contributed by atoms with van der Waals surface area (Å²) in [5.41, 5.74) is 2.18. The van der Waals surface area contributed by atoms with Crippen LogP contribution < -0.4 is 10.1 Å². The average molecular weight is 393 g/mol. The SMILES string of the molecule is COc1ccc(NC(=O)c2[nH]c(C)c(C(C)=O)c2C)cc1S(=O)(=O)N(C)C. The number of hydrogen-bond acceptors (Lipinski definition) is 5. The second kappa shape index (κ2) is 7.53. The van der Waals surface area contributed by atoms with Crippen molar-refractivity contribution in [3.63, 3.8) is 0 Å². The van der Waals surface area contributed by atoms with Crippen molar-refractivity contribution in [2.24, 2.45) is 0 Å². The van der Waals surface area contributed by atoms with E-state index >= 15 is 0 Å². The lowest BCUT2D eigenvalue weighted by atomic mass is 10.1. The number of H-pyrrole nitrogens is 1. The largest absolute Gasteiger partial charge is 0.495 e. The minimum atomic E-state index is -3.76. The van der Waals surface area contributed by atoms with Gasteiger partial charge in [0, 0.05) is 31.0 Å². The van der Waals surface area contributed by atoms with Crippen LogP contribution in [0.15, 0.2) is 23.1 Å². The second-order valence-electron chi connectivity index (χ2n) is 6.29. The van der Waals surface area contributed by atoms with Crippen LogP contribution in [0.1, 0.15) is 39.0 Å². The van der Waals surface area contributed by atoms with E-state index < -0.39 is 15.9 Å². The van der Waals surface area contributed by atoms with Gasteiger partial charge in [0.25, 0.3) is 5.91 Å². The van der Waals surface area contributed by atoms with Crippen molar-refractivity contribution in [3.8, 4) is 5.75 Å². The number of carbonyl (C=O) groups is 2. The van der Waals surface area contributed by atoms with Gasteiger partial charge < -0.3 is 15.0 Å². The molecule has 8 nitrogen and oxygen atoms in total. The van der Waals surface area contributed by atoms with Gasteiger partial charge in [-0.2, -0.15) is 0 Å². The highest BCUT2D eigenvalue weighted by Gasteiger charge is 2.24. The molecule has 0 unspecified atom stereocenters. The van der Waals surface area contributed by atoms with Gasteiger partial charge in [0.05, 0.1) is 7.11 Å². The molecule has 2 aromatic rings. The molecular weight excluding hydrogens is 370 g/mol. The van der Waals surface area contributed by atoms with Gasteiger partial charge in [0.1, 0.15) is 16.3 Å². The highest BCUT2D eigenvalue weighted by molar-refractivity contribution is 7.89. The number of rotatable bonds is 6. The molecule has 0 fully saturated rings. The van der Waals surface area contributed by atoms with Crippen molar-refractivity contribution in [3.05, 3.63) is 40.7 Å². The van der Waals surface area contributed by atoms with Crippen LogP contribution in [-0.4, -0.2) is 50.6 Å². The summed E-state index contributed by atoms with van der Waals surface area (Å²) < 4.78 is 31.2. The number of methoxy groups -OCH3 is 1. The third-order valence-corrected chi connectivity index (χ3v) is 6.03. The van der Waals surface area contributed by atoms with E-state index in [4.69, 9.17) is 4.74 Å². The van der Waals surface area contributed by atoms with Gasteiger partial charge in [-0.25, -0.2) is 12.7 Å². The van der Waals surface area contributed by atoms with E-state index in [9.17, 15) is 18.0 Å². The van der Waals surface area contributed by atoms with E-state index in [1.165, 1.54) is 40.3 Å². The van der Waals surface area contributed by atoms with Crippen LogP contribution in [0.25, 0.3) is 0 Å². The Labute approximate surface area is 158 Å². The molecule has 1 heterocycles. The van der Waals surface area contributed by atoms with Gasteiger partial charge >= 0.3 is 0 Å². The molecule has 2 rings (SSSR count). The molecule has 2 N–H and O–H groups in total. The van der Waals surface area contributed by atoms with Crippen molar-refractivity contribution in [2.75, 3.05) is 26.5 Å². The minimum absolute atomic E-state index is 0.0587. The molecule has 0 radical (unpaired) electrons. The fourth-order valence-corrected chi connectivity index (χ4v) is 3.93. The molecule has 0 spiro atoms. The molecule has 0 aliphatic rings. The number of anilines is 1. The molecular formula is C18H23N3O5S. The van der Waals surface area contributed by atoms with Crippen molar-refractivity contribution >= 4 is 27.4 Å². The Morgan fingerprint density at radius 3 is 2.30 bits per heavy atom. The normalized spacial score (nSPS) is 11.5. The summed E-state index contributed by atoms with van der Waals surface area (Å²) in [5, 5.41) is 2.66. The van der Waals surface area contributed by atoms with Crippen LogP contribution in [0.4, 0.5) is 5.69 Å². The molecule has 0 aliphatic heterocycles. The number of Topliss-reactive ketones (excluding diaryl/α,β-unsaturated/α-hetero) is 1. The average Bonchev–Trinajstić information content (AvgIpc) is 2.89. The first-order chi connectivity index (χ1) is 12.5. The predicted octanol–water partition coefficient (Wildman–Crippen LogP) is 2.35. The van der Waals surface area contributed by atoms with Gasteiger partial charge in [0.15, 0.2) is 5.78 Å². The number of benzene rings is 1. The summed E-state index contributed by atoms with van der Waals surface area (Å²) in [5.74, 6) is -0.432. The first-order valence-corrected chi connectivity index (χ1v) is 9.56. The van der Waals surface area contributed by atoms with Gasteiger partial charge in [0.2, 0.25) is 10.0 Å². The zero-order valence-electron chi connectivity index (χ0n) is 16.1. The zero-order chi connectivity index (χ0) is 20.5. The van der Waals surface area contributed by atoms with Gasteiger partial charge in [-0.1, -0.05) is 0 Å². The Morgan fingerprint density at radius 2 is 1.81 bits per heavy atom. The molecule has 27 heavy (non-hydrogen) atoms. The van der Waals surface area contributed by atoms with E-state index in [0.717, 1.165) is 4.31 Å². The summed E-state index contributed by atoms with van der Waals surface area (Å²) in [6.07, 6.45) is 0. The molecule has 1 aromatic heterocycles. The number of aryl methyl sites for hydroxylation is 1. The van der Waals surface area contributed by atoms with Crippen molar-refractivity contribution < 1.29 is 22.7 Å².